The van der Waals surface area contributed by atoms with Gasteiger partial charge < -0.3 is 0 Å². The normalized spacial score (nSPS) is 11.2. The number of benzene rings is 3. The molecule has 116 valence electrons. The van der Waals surface area contributed by atoms with Crippen molar-refractivity contribution in [3.05, 3.63) is 71.8 Å². The highest BCUT2D eigenvalue weighted by atomic mass is 32.1. The minimum Gasteiger partial charge on any atom is -0.192 e. The molecule has 1 heterocycles. The molecule has 0 atom stereocenters. The van der Waals surface area contributed by atoms with Crippen LogP contribution in [0.25, 0.3) is 31.3 Å². The molecule has 0 bridgehead atoms. The summed E-state index contributed by atoms with van der Waals surface area (Å²) in [5.74, 6) is 0.488. The molecule has 0 spiro atoms. The van der Waals surface area contributed by atoms with Crippen LogP contribution in [0.4, 0.5) is 0 Å². The van der Waals surface area contributed by atoms with E-state index < -0.39 is 0 Å². The molecule has 1 aromatic heterocycles. The van der Waals surface area contributed by atoms with E-state index in [1.54, 1.807) is 0 Å². The van der Waals surface area contributed by atoms with Gasteiger partial charge in [0.1, 0.15) is 0 Å². The summed E-state index contributed by atoms with van der Waals surface area (Å²) in [5.41, 5.74) is 4.29. The first kappa shape index (κ1) is 14.9. The molecule has 1 nitrogen and oxygen atoms in total. The van der Waals surface area contributed by atoms with Crippen LogP contribution in [0, 0.1) is 11.3 Å². The topological polar surface area (TPSA) is 23.8 Å². The third-order valence-corrected chi connectivity index (χ3v) is 5.72. The summed E-state index contributed by atoms with van der Waals surface area (Å²) >= 11 is 1.82. The molecule has 0 aliphatic rings. The first-order valence-corrected chi connectivity index (χ1v) is 8.96. The standard InChI is InChI=1S/C22H17NS/c1-14(2)16-9-6-12-20-21(16)19-11-5-10-18(22(19)24-20)17-8-4-3-7-15(17)13-23/h3-12,14H,1-2H3. The van der Waals surface area contributed by atoms with E-state index in [0.717, 1.165) is 16.7 Å². The van der Waals surface area contributed by atoms with E-state index in [9.17, 15) is 5.26 Å². The summed E-state index contributed by atoms with van der Waals surface area (Å²) < 4.78 is 2.58. The highest BCUT2D eigenvalue weighted by Crippen LogP contribution is 2.43. The predicted octanol–water partition coefficient (Wildman–Crippen LogP) is 6.72. The van der Waals surface area contributed by atoms with Gasteiger partial charge in [0.05, 0.1) is 11.6 Å². The molecule has 3 aromatic carbocycles. The van der Waals surface area contributed by atoms with Crippen molar-refractivity contribution in [2.24, 2.45) is 0 Å². The second-order valence-corrected chi connectivity index (χ2v) is 7.37. The van der Waals surface area contributed by atoms with Gasteiger partial charge in [-0.05, 0) is 23.6 Å². The molecular weight excluding hydrogens is 310 g/mol. The minimum absolute atomic E-state index is 0.488. The van der Waals surface area contributed by atoms with Crippen molar-refractivity contribution in [3.63, 3.8) is 0 Å². The van der Waals surface area contributed by atoms with Crippen molar-refractivity contribution < 1.29 is 0 Å². The van der Waals surface area contributed by atoms with Crippen molar-refractivity contribution in [1.29, 1.82) is 5.26 Å². The molecule has 4 aromatic rings. The number of nitrogens with zero attached hydrogens (tertiary/aromatic N) is 1. The van der Waals surface area contributed by atoms with E-state index in [2.05, 4.69) is 56.3 Å². The van der Waals surface area contributed by atoms with Gasteiger partial charge in [0.25, 0.3) is 0 Å². The quantitative estimate of drug-likeness (QED) is 0.401. The van der Waals surface area contributed by atoms with Crippen LogP contribution in [0.3, 0.4) is 0 Å². The molecule has 0 unspecified atom stereocenters. The van der Waals surface area contributed by atoms with Crippen molar-refractivity contribution in [1.82, 2.24) is 0 Å². The Balaban J connectivity index is 2.12. The fourth-order valence-corrected chi connectivity index (χ4v) is 4.65. The predicted molar refractivity (Wildman–Crippen MR) is 104 cm³/mol. The van der Waals surface area contributed by atoms with Crippen molar-refractivity contribution >= 4 is 31.5 Å². The molecule has 0 saturated carbocycles. The Morgan fingerprint density at radius 2 is 1.62 bits per heavy atom. The van der Waals surface area contributed by atoms with Crippen LogP contribution in [0.5, 0.6) is 0 Å². The molecule has 0 radical (unpaired) electrons. The maximum Gasteiger partial charge on any atom is 0.0998 e. The molecule has 2 heteroatoms. The molecule has 4 rings (SSSR count). The Labute approximate surface area is 145 Å². The zero-order chi connectivity index (χ0) is 16.7. The van der Waals surface area contributed by atoms with Crippen LogP contribution in [0.1, 0.15) is 30.9 Å². The summed E-state index contributed by atoms with van der Waals surface area (Å²) in [6.45, 7) is 4.49. The van der Waals surface area contributed by atoms with E-state index in [4.69, 9.17) is 0 Å². The third kappa shape index (κ3) is 2.21. The van der Waals surface area contributed by atoms with Crippen LogP contribution in [-0.4, -0.2) is 0 Å². The molecule has 0 aliphatic carbocycles. The number of hydrogen-bond acceptors (Lipinski definition) is 2. The van der Waals surface area contributed by atoms with E-state index >= 15 is 0 Å². The first-order valence-electron chi connectivity index (χ1n) is 8.14. The lowest BCUT2D eigenvalue weighted by molar-refractivity contribution is 0.877. The fourth-order valence-electron chi connectivity index (χ4n) is 3.38. The van der Waals surface area contributed by atoms with Crippen molar-refractivity contribution in [2.75, 3.05) is 0 Å². The lowest BCUT2D eigenvalue weighted by Gasteiger charge is -2.08. The van der Waals surface area contributed by atoms with Gasteiger partial charge in [-0.25, -0.2) is 0 Å². The largest absolute Gasteiger partial charge is 0.192 e. The Morgan fingerprint density at radius 3 is 2.42 bits per heavy atom. The molecule has 0 N–H and O–H groups in total. The minimum atomic E-state index is 0.488. The van der Waals surface area contributed by atoms with E-state index in [1.807, 2.05) is 35.6 Å². The number of thiophene rings is 1. The van der Waals surface area contributed by atoms with Crippen LogP contribution >= 0.6 is 11.3 Å². The average Bonchev–Trinajstić information content (AvgIpc) is 3.00. The Morgan fingerprint density at radius 1 is 0.875 bits per heavy atom. The molecule has 0 aliphatic heterocycles. The monoisotopic (exact) mass is 327 g/mol. The average molecular weight is 327 g/mol. The summed E-state index contributed by atoms with van der Waals surface area (Å²) in [6.07, 6.45) is 0. The van der Waals surface area contributed by atoms with Gasteiger partial charge in [0.2, 0.25) is 0 Å². The summed E-state index contributed by atoms with van der Waals surface area (Å²) in [5, 5.41) is 12.1. The van der Waals surface area contributed by atoms with Gasteiger partial charge in [0, 0.05) is 31.3 Å². The van der Waals surface area contributed by atoms with Gasteiger partial charge in [-0.1, -0.05) is 62.4 Å². The number of nitriles is 1. The van der Waals surface area contributed by atoms with Crippen LogP contribution < -0.4 is 0 Å². The van der Waals surface area contributed by atoms with Gasteiger partial charge in [-0.15, -0.1) is 11.3 Å². The van der Waals surface area contributed by atoms with Crippen molar-refractivity contribution in [2.45, 2.75) is 19.8 Å². The number of hydrogen-bond donors (Lipinski definition) is 0. The second kappa shape index (κ2) is 5.78. The number of fused-ring (bicyclic) bond motifs is 3. The second-order valence-electron chi connectivity index (χ2n) is 6.32. The molecular formula is C22H17NS. The molecule has 0 fully saturated rings. The summed E-state index contributed by atoms with van der Waals surface area (Å²) in [6, 6.07) is 23.2. The highest BCUT2D eigenvalue weighted by molar-refractivity contribution is 7.26. The number of rotatable bonds is 2. The fraction of sp³-hybridized carbons (Fsp3) is 0.136. The maximum atomic E-state index is 9.46. The van der Waals surface area contributed by atoms with E-state index in [0.29, 0.717) is 5.92 Å². The smallest absolute Gasteiger partial charge is 0.0998 e. The third-order valence-electron chi connectivity index (χ3n) is 4.51. The zero-order valence-electron chi connectivity index (χ0n) is 13.7. The Hall–Kier alpha value is -2.63. The first-order chi connectivity index (χ1) is 11.7. The van der Waals surface area contributed by atoms with Crippen LogP contribution in [0.2, 0.25) is 0 Å². The molecule has 0 amide bonds. The lowest BCUT2D eigenvalue weighted by atomic mass is 9.95. The van der Waals surface area contributed by atoms with Gasteiger partial charge in [0.15, 0.2) is 0 Å². The van der Waals surface area contributed by atoms with Gasteiger partial charge in [-0.3, -0.25) is 0 Å². The van der Waals surface area contributed by atoms with Gasteiger partial charge >= 0.3 is 0 Å². The van der Waals surface area contributed by atoms with Crippen LogP contribution in [-0.2, 0) is 0 Å². The zero-order valence-corrected chi connectivity index (χ0v) is 14.5. The Bertz CT molecular complexity index is 1100. The van der Waals surface area contributed by atoms with Crippen molar-refractivity contribution in [3.8, 4) is 17.2 Å². The highest BCUT2D eigenvalue weighted by Gasteiger charge is 2.15. The lowest BCUT2D eigenvalue weighted by Crippen LogP contribution is -1.87. The maximum absolute atomic E-state index is 9.46. The Kier molecular flexibility index (Phi) is 3.59. The summed E-state index contributed by atoms with van der Waals surface area (Å²) in [7, 11) is 0. The van der Waals surface area contributed by atoms with E-state index in [1.165, 1.54) is 25.7 Å². The molecule has 0 saturated heterocycles. The van der Waals surface area contributed by atoms with Gasteiger partial charge in [-0.2, -0.15) is 5.26 Å². The SMILES string of the molecule is CC(C)c1cccc2sc3c(-c4ccccc4C#N)cccc3c12. The van der Waals surface area contributed by atoms with E-state index in [-0.39, 0.29) is 0 Å². The summed E-state index contributed by atoms with van der Waals surface area (Å²) in [4.78, 5) is 0. The molecule has 24 heavy (non-hydrogen) atoms. The van der Waals surface area contributed by atoms with Crippen LogP contribution in [0.15, 0.2) is 60.7 Å².